The number of methoxy groups -OCH3 is 1. The van der Waals surface area contributed by atoms with E-state index in [0.717, 1.165) is 5.56 Å². The number of halogens is 1. The Morgan fingerprint density at radius 3 is 2.28 bits per heavy atom. The second-order valence-corrected chi connectivity index (χ2v) is 11.5. The Kier molecular flexibility index (Phi) is 11.9. The first-order chi connectivity index (χ1) is 22.5. The average molecular weight is 667 g/mol. The first-order valence-electron chi connectivity index (χ1n) is 14.9. The molecule has 0 bridgehead atoms. The Balaban J connectivity index is 1.58. The number of alkyl halides is 1. The maximum absolute atomic E-state index is 13.5. The van der Waals surface area contributed by atoms with Crippen LogP contribution in [-0.4, -0.2) is 66.7 Å². The molecular formula is C34H35ClN2O10. The third-order valence-corrected chi connectivity index (χ3v) is 7.70. The summed E-state index contributed by atoms with van der Waals surface area (Å²) in [5.41, 5.74) is 0.813. The smallest absolute Gasteiger partial charge is 0.334 e. The van der Waals surface area contributed by atoms with Gasteiger partial charge in [0.15, 0.2) is 29.0 Å². The molecule has 2 heterocycles. The second-order valence-electron chi connectivity index (χ2n) is 11.0. The molecule has 5 atom stereocenters. The quantitative estimate of drug-likeness (QED) is 0.190. The number of ether oxygens (including phenoxy) is 5. The van der Waals surface area contributed by atoms with E-state index >= 15 is 0 Å². The number of cyclic esters (lactones) is 2. The Bertz CT molecular complexity index is 1580. The summed E-state index contributed by atoms with van der Waals surface area (Å²) in [5, 5.41) is 1.23. The third kappa shape index (κ3) is 8.85. The van der Waals surface area contributed by atoms with Gasteiger partial charge in [-0.2, -0.15) is 0 Å². The number of esters is 4. The standard InChI is InChI=1S/C34H35ClN2O10/c1-19(2)31(39)46-28-20(3)45-33(41)24(18-44-32(40)23(28)17-21-11-7-5-8-12-21)37-30(38)27-29(25(43-4)15-16-36-27)47-34(42)26(35)22-13-9-6-10-14-22/h5-16,19-20,23-24,26,28H,17-18H2,1-4H3,(H,37,38). The summed E-state index contributed by atoms with van der Waals surface area (Å²) in [7, 11) is 1.30. The van der Waals surface area contributed by atoms with Crippen LogP contribution in [-0.2, 0) is 39.8 Å². The number of amides is 1. The fraction of sp³-hybridized carbons (Fsp3) is 0.353. The normalized spacial score (nSPS) is 20.4. The van der Waals surface area contributed by atoms with Crippen LogP contribution in [0.3, 0.4) is 0 Å². The highest BCUT2D eigenvalue weighted by molar-refractivity contribution is 6.30. The van der Waals surface area contributed by atoms with Gasteiger partial charge in [0, 0.05) is 12.3 Å². The number of benzene rings is 2. The van der Waals surface area contributed by atoms with Crippen molar-refractivity contribution in [2.45, 2.75) is 50.8 Å². The molecule has 1 aliphatic heterocycles. The number of hydrogen-bond donors (Lipinski definition) is 1. The van der Waals surface area contributed by atoms with Crippen LogP contribution in [0.25, 0.3) is 0 Å². The van der Waals surface area contributed by atoms with E-state index in [1.165, 1.54) is 26.3 Å². The largest absolute Gasteiger partial charge is 0.493 e. The lowest BCUT2D eigenvalue weighted by Crippen LogP contribution is -2.47. The highest BCUT2D eigenvalue weighted by atomic mass is 35.5. The zero-order chi connectivity index (χ0) is 34.1. The first-order valence-corrected chi connectivity index (χ1v) is 15.3. The van der Waals surface area contributed by atoms with Gasteiger partial charge in [0.25, 0.3) is 5.91 Å². The van der Waals surface area contributed by atoms with Crippen LogP contribution in [0.4, 0.5) is 0 Å². The summed E-state index contributed by atoms with van der Waals surface area (Å²) in [6, 6.07) is 17.3. The molecule has 248 valence electrons. The summed E-state index contributed by atoms with van der Waals surface area (Å²) in [4.78, 5) is 70.0. The molecule has 0 aliphatic carbocycles. The molecule has 0 spiro atoms. The Morgan fingerprint density at radius 2 is 1.64 bits per heavy atom. The second kappa shape index (κ2) is 16.0. The highest BCUT2D eigenvalue weighted by Crippen LogP contribution is 2.32. The molecule has 4 rings (SSSR count). The number of carbonyl (C=O) groups is 5. The molecule has 13 heteroatoms. The van der Waals surface area contributed by atoms with Crippen molar-refractivity contribution in [3.8, 4) is 11.5 Å². The van der Waals surface area contributed by atoms with E-state index < -0.39 is 77.5 Å². The molecule has 1 amide bonds. The van der Waals surface area contributed by atoms with Crippen molar-refractivity contribution in [1.82, 2.24) is 10.3 Å². The first kappa shape index (κ1) is 34.9. The van der Waals surface area contributed by atoms with Gasteiger partial charge in [-0.1, -0.05) is 74.5 Å². The van der Waals surface area contributed by atoms with E-state index in [9.17, 15) is 24.0 Å². The van der Waals surface area contributed by atoms with Crippen LogP contribution >= 0.6 is 11.6 Å². The number of aromatic nitrogens is 1. The summed E-state index contributed by atoms with van der Waals surface area (Å²) in [6.45, 7) is 4.15. The van der Waals surface area contributed by atoms with Crippen molar-refractivity contribution >= 4 is 41.4 Å². The number of carbonyl (C=O) groups excluding carboxylic acids is 5. The Morgan fingerprint density at radius 1 is 0.979 bits per heavy atom. The molecule has 0 radical (unpaired) electrons. The summed E-state index contributed by atoms with van der Waals surface area (Å²) in [6.07, 6.45) is -0.919. The van der Waals surface area contributed by atoms with E-state index in [4.69, 9.17) is 35.3 Å². The van der Waals surface area contributed by atoms with Crippen molar-refractivity contribution in [2.24, 2.45) is 11.8 Å². The average Bonchev–Trinajstić information content (AvgIpc) is 3.10. The maximum Gasteiger partial charge on any atom is 0.334 e. The summed E-state index contributed by atoms with van der Waals surface area (Å²) >= 11 is 6.33. The fourth-order valence-corrected chi connectivity index (χ4v) is 4.93. The highest BCUT2D eigenvalue weighted by Gasteiger charge is 2.42. The van der Waals surface area contributed by atoms with E-state index in [-0.39, 0.29) is 17.9 Å². The van der Waals surface area contributed by atoms with Crippen molar-refractivity contribution < 1.29 is 47.7 Å². The van der Waals surface area contributed by atoms with Crippen LogP contribution in [0, 0.1) is 11.8 Å². The Labute approximate surface area is 276 Å². The van der Waals surface area contributed by atoms with Gasteiger partial charge in [0.1, 0.15) is 18.6 Å². The predicted octanol–water partition coefficient (Wildman–Crippen LogP) is 3.99. The molecule has 3 aromatic rings. The third-order valence-electron chi connectivity index (χ3n) is 7.27. The minimum atomic E-state index is -1.51. The molecule has 1 saturated heterocycles. The molecular weight excluding hydrogens is 632 g/mol. The molecule has 1 fully saturated rings. The van der Waals surface area contributed by atoms with Crippen LogP contribution < -0.4 is 14.8 Å². The van der Waals surface area contributed by atoms with E-state index in [1.54, 1.807) is 68.4 Å². The number of rotatable bonds is 10. The van der Waals surface area contributed by atoms with Crippen molar-refractivity contribution in [1.29, 1.82) is 0 Å². The minimum Gasteiger partial charge on any atom is -0.493 e. The number of hydrogen-bond acceptors (Lipinski definition) is 11. The SMILES string of the molecule is COc1ccnc(C(=O)NC2COC(=O)C(Cc3ccccc3)C(OC(=O)C(C)C)C(C)OC2=O)c1OC(=O)C(Cl)c1ccccc1. The van der Waals surface area contributed by atoms with Crippen LogP contribution in [0.5, 0.6) is 11.5 Å². The van der Waals surface area contributed by atoms with Crippen molar-refractivity contribution in [2.75, 3.05) is 13.7 Å². The van der Waals surface area contributed by atoms with Gasteiger partial charge < -0.3 is 29.0 Å². The molecule has 1 aliphatic rings. The van der Waals surface area contributed by atoms with Crippen molar-refractivity contribution in [3.05, 3.63) is 89.7 Å². The molecule has 1 N–H and O–H groups in total. The molecule has 5 unspecified atom stereocenters. The molecule has 0 saturated carbocycles. The van der Waals surface area contributed by atoms with E-state index in [2.05, 4.69) is 10.3 Å². The van der Waals surface area contributed by atoms with Crippen molar-refractivity contribution in [3.63, 3.8) is 0 Å². The van der Waals surface area contributed by atoms with Gasteiger partial charge >= 0.3 is 23.9 Å². The molecule has 12 nitrogen and oxygen atoms in total. The van der Waals surface area contributed by atoms with Gasteiger partial charge in [0.2, 0.25) is 5.75 Å². The summed E-state index contributed by atoms with van der Waals surface area (Å²) < 4.78 is 27.6. The van der Waals surface area contributed by atoms with Crippen LogP contribution in [0.15, 0.2) is 72.9 Å². The van der Waals surface area contributed by atoms with Gasteiger partial charge in [-0.3, -0.25) is 14.4 Å². The van der Waals surface area contributed by atoms with E-state index in [1.807, 2.05) is 6.07 Å². The minimum absolute atomic E-state index is 0.00825. The maximum atomic E-state index is 13.5. The summed E-state index contributed by atoms with van der Waals surface area (Å²) in [5.74, 6) is -6.09. The number of pyridine rings is 1. The van der Waals surface area contributed by atoms with Gasteiger partial charge in [-0.15, -0.1) is 11.6 Å². The molecule has 47 heavy (non-hydrogen) atoms. The lowest BCUT2D eigenvalue weighted by molar-refractivity contribution is -0.176. The number of nitrogens with one attached hydrogen (secondary N) is 1. The lowest BCUT2D eigenvalue weighted by Gasteiger charge is -2.29. The zero-order valence-electron chi connectivity index (χ0n) is 26.2. The van der Waals surface area contributed by atoms with Crippen LogP contribution in [0.2, 0.25) is 0 Å². The van der Waals surface area contributed by atoms with Gasteiger partial charge in [-0.25, -0.2) is 14.6 Å². The number of nitrogens with zero attached hydrogens (tertiary/aromatic N) is 1. The monoisotopic (exact) mass is 666 g/mol. The van der Waals surface area contributed by atoms with Gasteiger partial charge in [0.05, 0.1) is 13.0 Å². The fourth-order valence-electron chi connectivity index (χ4n) is 4.74. The predicted molar refractivity (Wildman–Crippen MR) is 168 cm³/mol. The lowest BCUT2D eigenvalue weighted by atomic mass is 9.91. The van der Waals surface area contributed by atoms with Crippen LogP contribution in [0.1, 0.15) is 47.8 Å². The molecule has 2 aromatic carbocycles. The molecule has 1 aromatic heterocycles. The van der Waals surface area contributed by atoms with E-state index in [0.29, 0.717) is 5.56 Å². The zero-order valence-corrected chi connectivity index (χ0v) is 27.0. The topological polar surface area (TPSA) is 156 Å². The Hall–Kier alpha value is -4.97. The van der Waals surface area contributed by atoms with Gasteiger partial charge in [-0.05, 0) is 24.5 Å².